The van der Waals surface area contributed by atoms with E-state index in [0.717, 1.165) is 0 Å². The van der Waals surface area contributed by atoms with Crippen molar-refractivity contribution in [2.75, 3.05) is 13.7 Å². The highest BCUT2D eigenvalue weighted by molar-refractivity contribution is 7.90. The fourth-order valence-corrected chi connectivity index (χ4v) is 2.49. The summed E-state index contributed by atoms with van der Waals surface area (Å²) in [6.07, 6.45) is 0.959. The minimum absolute atomic E-state index is 0.0347. The summed E-state index contributed by atoms with van der Waals surface area (Å²) in [6, 6.07) is 6.80. The minimum Gasteiger partial charge on any atom is -0.385 e. The van der Waals surface area contributed by atoms with Crippen LogP contribution in [0.4, 0.5) is 0 Å². The smallest absolute Gasteiger partial charge is 0.264 e. The molecule has 0 bridgehead atoms. The highest BCUT2D eigenvalue weighted by Gasteiger charge is 2.21. The first-order chi connectivity index (χ1) is 8.97. The van der Waals surface area contributed by atoms with Crippen LogP contribution in [0.1, 0.15) is 12.8 Å². The van der Waals surface area contributed by atoms with Crippen molar-refractivity contribution in [3.05, 3.63) is 30.3 Å². The molecule has 0 aliphatic rings. The summed E-state index contributed by atoms with van der Waals surface area (Å²) in [5.74, 6) is -0.708. The number of hydrogen-bond acceptors (Lipinski definition) is 5. The average Bonchev–Trinajstić information content (AvgIpc) is 2.39. The highest BCUT2D eigenvalue weighted by Crippen LogP contribution is 2.07. The molecule has 6 nitrogen and oxygen atoms in total. The molecule has 0 aliphatic heterocycles. The second kappa shape index (κ2) is 7.22. The average molecular weight is 286 g/mol. The zero-order valence-corrected chi connectivity index (χ0v) is 11.5. The van der Waals surface area contributed by atoms with E-state index < -0.39 is 22.0 Å². The van der Waals surface area contributed by atoms with E-state index >= 15 is 0 Å². The number of carbonyl (C=O) groups excluding carboxylic acids is 1. The lowest BCUT2D eigenvalue weighted by Crippen LogP contribution is -2.43. The van der Waals surface area contributed by atoms with Gasteiger partial charge in [0.05, 0.1) is 10.9 Å². The van der Waals surface area contributed by atoms with E-state index in [-0.39, 0.29) is 4.90 Å². The Morgan fingerprint density at radius 3 is 2.58 bits per heavy atom. The molecule has 1 amide bonds. The molecule has 3 N–H and O–H groups in total. The molecule has 1 atom stereocenters. The number of hydrogen-bond donors (Lipinski definition) is 2. The zero-order valence-electron chi connectivity index (χ0n) is 10.7. The monoisotopic (exact) mass is 286 g/mol. The Morgan fingerprint density at radius 2 is 2.00 bits per heavy atom. The summed E-state index contributed by atoms with van der Waals surface area (Å²) in [5, 5.41) is 0. The van der Waals surface area contributed by atoms with E-state index in [1.54, 1.807) is 25.3 Å². The molecule has 7 heteroatoms. The molecule has 106 valence electrons. The molecule has 1 rings (SSSR count). The Labute approximate surface area is 113 Å². The van der Waals surface area contributed by atoms with Crippen molar-refractivity contribution in [3.63, 3.8) is 0 Å². The predicted octanol–water partition coefficient (Wildman–Crippen LogP) is 0.245. The summed E-state index contributed by atoms with van der Waals surface area (Å²) in [4.78, 5) is 11.7. The van der Waals surface area contributed by atoms with Gasteiger partial charge in [-0.05, 0) is 25.0 Å². The first kappa shape index (κ1) is 15.6. The minimum atomic E-state index is -3.85. The van der Waals surface area contributed by atoms with Crippen molar-refractivity contribution in [2.24, 2.45) is 5.73 Å². The number of benzene rings is 1. The van der Waals surface area contributed by atoms with Gasteiger partial charge in [0.15, 0.2) is 0 Å². The van der Waals surface area contributed by atoms with Gasteiger partial charge >= 0.3 is 0 Å². The molecule has 0 aliphatic carbocycles. The molecule has 0 fully saturated rings. The topological polar surface area (TPSA) is 98.5 Å². The maximum Gasteiger partial charge on any atom is 0.264 e. The van der Waals surface area contributed by atoms with Gasteiger partial charge in [-0.1, -0.05) is 18.2 Å². The van der Waals surface area contributed by atoms with Crippen molar-refractivity contribution in [1.82, 2.24) is 4.72 Å². The molecule has 0 saturated carbocycles. The second-order valence-electron chi connectivity index (χ2n) is 4.02. The summed E-state index contributed by atoms with van der Waals surface area (Å²) in [5.41, 5.74) is 5.61. The van der Waals surface area contributed by atoms with Crippen LogP contribution in [-0.2, 0) is 19.6 Å². The fraction of sp³-hybridized carbons (Fsp3) is 0.417. The summed E-state index contributed by atoms with van der Waals surface area (Å²) < 4.78 is 30.5. The van der Waals surface area contributed by atoms with Crippen LogP contribution in [-0.4, -0.2) is 34.1 Å². The number of methoxy groups -OCH3 is 1. The maximum absolute atomic E-state index is 11.9. The molecule has 1 aromatic rings. The Morgan fingerprint density at radius 1 is 1.37 bits per heavy atom. The lowest BCUT2D eigenvalue weighted by atomic mass is 10.2. The molecule has 0 spiro atoms. The van der Waals surface area contributed by atoms with Crippen molar-refractivity contribution in [3.8, 4) is 0 Å². The standard InChI is InChI=1S/C12H18N2O4S/c1-18-9-5-8-11(13)12(15)14-19(16,17)10-6-3-2-4-7-10/h2-4,6-7,11H,5,8-9,13H2,1H3,(H,14,15). The summed E-state index contributed by atoms with van der Waals surface area (Å²) in [6.45, 7) is 0.479. The predicted molar refractivity (Wildman–Crippen MR) is 70.9 cm³/mol. The maximum atomic E-state index is 11.9. The van der Waals surface area contributed by atoms with E-state index in [9.17, 15) is 13.2 Å². The van der Waals surface area contributed by atoms with Crippen LogP contribution in [0.25, 0.3) is 0 Å². The summed E-state index contributed by atoms with van der Waals surface area (Å²) >= 11 is 0. The van der Waals surface area contributed by atoms with Crippen molar-refractivity contribution >= 4 is 15.9 Å². The van der Waals surface area contributed by atoms with Gasteiger partial charge in [0.1, 0.15) is 0 Å². The number of sulfonamides is 1. The van der Waals surface area contributed by atoms with Crippen LogP contribution >= 0.6 is 0 Å². The third-order valence-corrected chi connectivity index (χ3v) is 3.85. The molecule has 0 saturated heterocycles. The Hall–Kier alpha value is -1.44. The lowest BCUT2D eigenvalue weighted by Gasteiger charge is -2.12. The Bertz CT molecular complexity index is 502. The number of rotatable bonds is 7. The van der Waals surface area contributed by atoms with Crippen LogP contribution < -0.4 is 10.5 Å². The van der Waals surface area contributed by atoms with Crippen LogP contribution in [0.2, 0.25) is 0 Å². The molecule has 1 unspecified atom stereocenters. The first-order valence-electron chi connectivity index (χ1n) is 5.83. The van der Waals surface area contributed by atoms with E-state index in [4.69, 9.17) is 10.5 Å². The second-order valence-corrected chi connectivity index (χ2v) is 5.71. The van der Waals surface area contributed by atoms with Crippen LogP contribution in [0.3, 0.4) is 0 Å². The van der Waals surface area contributed by atoms with Crippen LogP contribution in [0, 0.1) is 0 Å². The molecule has 0 aromatic heterocycles. The van der Waals surface area contributed by atoms with Gasteiger partial charge < -0.3 is 10.5 Å². The van der Waals surface area contributed by atoms with E-state index in [0.29, 0.717) is 19.4 Å². The third-order valence-electron chi connectivity index (χ3n) is 2.49. The number of amides is 1. The van der Waals surface area contributed by atoms with Gasteiger partial charge in [-0.3, -0.25) is 4.79 Å². The third kappa shape index (κ3) is 4.98. The SMILES string of the molecule is COCCCC(N)C(=O)NS(=O)(=O)c1ccccc1. The van der Waals surface area contributed by atoms with Gasteiger partial charge in [0, 0.05) is 13.7 Å². The quantitative estimate of drug-likeness (QED) is 0.700. The normalized spacial score (nSPS) is 12.9. The van der Waals surface area contributed by atoms with Crippen molar-refractivity contribution < 1.29 is 17.9 Å². The number of nitrogens with one attached hydrogen (secondary N) is 1. The van der Waals surface area contributed by atoms with Gasteiger partial charge in [-0.15, -0.1) is 0 Å². The van der Waals surface area contributed by atoms with E-state index in [2.05, 4.69) is 0 Å². The molecular formula is C12H18N2O4S. The molecule has 19 heavy (non-hydrogen) atoms. The lowest BCUT2D eigenvalue weighted by molar-refractivity contribution is -0.120. The number of nitrogens with two attached hydrogens (primary N) is 1. The first-order valence-corrected chi connectivity index (χ1v) is 7.32. The van der Waals surface area contributed by atoms with Crippen molar-refractivity contribution in [2.45, 2.75) is 23.8 Å². The molecule has 1 aromatic carbocycles. The highest BCUT2D eigenvalue weighted by atomic mass is 32.2. The molecular weight excluding hydrogens is 268 g/mol. The van der Waals surface area contributed by atoms with Gasteiger partial charge in [0.2, 0.25) is 0 Å². The fourth-order valence-electron chi connectivity index (χ4n) is 1.45. The van der Waals surface area contributed by atoms with Gasteiger partial charge in [-0.25, -0.2) is 13.1 Å². The Kier molecular flexibility index (Phi) is 5.94. The van der Waals surface area contributed by atoms with Gasteiger partial charge in [0.25, 0.3) is 15.9 Å². The Balaban J connectivity index is 2.61. The van der Waals surface area contributed by atoms with E-state index in [1.807, 2.05) is 4.72 Å². The van der Waals surface area contributed by atoms with Gasteiger partial charge in [-0.2, -0.15) is 0 Å². The number of carbonyl (C=O) groups is 1. The number of ether oxygens (including phenoxy) is 1. The van der Waals surface area contributed by atoms with Crippen molar-refractivity contribution in [1.29, 1.82) is 0 Å². The van der Waals surface area contributed by atoms with Crippen LogP contribution in [0.15, 0.2) is 35.2 Å². The van der Waals surface area contributed by atoms with E-state index in [1.165, 1.54) is 12.1 Å². The largest absolute Gasteiger partial charge is 0.385 e. The van der Waals surface area contributed by atoms with Crippen LogP contribution in [0.5, 0.6) is 0 Å². The molecule has 0 radical (unpaired) electrons. The summed E-state index contributed by atoms with van der Waals surface area (Å²) in [7, 11) is -2.30. The molecule has 0 heterocycles. The zero-order chi connectivity index (χ0) is 14.3.